The van der Waals surface area contributed by atoms with Crippen LogP contribution in [-0.4, -0.2) is 18.6 Å². The third kappa shape index (κ3) is 2.51. The Kier molecular flexibility index (Phi) is 3.93. The van der Waals surface area contributed by atoms with E-state index in [-0.39, 0.29) is 12.1 Å². The molecule has 0 amide bonds. The second-order valence-electron chi connectivity index (χ2n) is 4.58. The molecule has 2 rings (SSSR count). The quantitative estimate of drug-likeness (QED) is 0.494. The number of piperidine rings is 1. The van der Waals surface area contributed by atoms with E-state index in [9.17, 15) is 22.0 Å². The lowest BCUT2D eigenvalue weighted by Crippen LogP contribution is -2.46. The van der Waals surface area contributed by atoms with Crippen LogP contribution in [0.2, 0.25) is 0 Å². The molecule has 106 valence electrons. The second kappa shape index (κ2) is 5.32. The first-order valence-electron chi connectivity index (χ1n) is 5.94. The number of anilines is 1. The van der Waals surface area contributed by atoms with E-state index in [0.29, 0.717) is 6.42 Å². The van der Waals surface area contributed by atoms with E-state index in [1.165, 1.54) is 0 Å². The SMILES string of the molecule is CC1NCCCC1Nc1c(F)c(F)c(F)c(F)c1F. The molecule has 1 fully saturated rings. The van der Waals surface area contributed by atoms with Gasteiger partial charge in [-0.25, -0.2) is 22.0 Å². The fourth-order valence-corrected chi connectivity index (χ4v) is 2.16. The van der Waals surface area contributed by atoms with Gasteiger partial charge < -0.3 is 10.6 Å². The fourth-order valence-electron chi connectivity index (χ4n) is 2.16. The van der Waals surface area contributed by atoms with Crippen LogP contribution in [-0.2, 0) is 0 Å². The highest BCUT2D eigenvalue weighted by molar-refractivity contribution is 5.48. The van der Waals surface area contributed by atoms with Crippen molar-refractivity contribution in [2.24, 2.45) is 0 Å². The van der Waals surface area contributed by atoms with Crippen molar-refractivity contribution >= 4 is 5.69 Å². The van der Waals surface area contributed by atoms with E-state index in [2.05, 4.69) is 10.6 Å². The molecule has 1 heterocycles. The maximum Gasteiger partial charge on any atom is 0.200 e. The summed E-state index contributed by atoms with van der Waals surface area (Å²) in [4.78, 5) is 0. The minimum atomic E-state index is -2.14. The van der Waals surface area contributed by atoms with E-state index in [4.69, 9.17) is 0 Å². The maximum absolute atomic E-state index is 13.5. The number of hydrogen-bond donors (Lipinski definition) is 2. The van der Waals surface area contributed by atoms with Crippen molar-refractivity contribution in [1.29, 1.82) is 0 Å². The highest BCUT2D eigenvalue weighted by Crippen LogP contribution is 2.28. The molecule has 7 heteroatoms. The normalized spacial score (nSPS) is 23.5. The predicted molar refractivity (Wildman–Crippen MR) is 60.3 cm³/mol. The van der Waals surface area contributed by atoms with Crippen LogP contribution in [0.1, 0.15) is 19.8 Å². The summed E-state index contributed by atoms with van der Waals surface area (Å²) in [5, 5.41) is 5.48. The Labute approximate surface area is 107 Å². The number of halogens is 5. The van der Waals surface area contributed by atoms with Gasteiger partial charge in [0, 0.05) is 12.1 Å². The van der Waals surface area contributed by atoms with Gasteiger partial charge in [0.05, 0.1) is 0 Å². The predicted octanol–water partition coefficient (Wildman–Crippen LogP) is 2.93. The van der Waals surface area contributed by atoms with Gasteiger partial charge in [-0.1, -0.05) is 0 Å². The molecule has 0 radical (unpaired) electrons. The first-order chi connectivity index (χ1) is 8.93. The Bertz CT molecular complexity index is 462. The van der Waals surface area contributed by atoms with Crippen LogP contribution < -0.4 is 10.6 Å². The van der Waals surface area contributed by atoms with Gasteiger partial charge in [0.2, 0.25) is 5.82 Å². The standard InChI is InChI=1S/C12H13F5N2/c1-5-6(3-2-4-18-5)19-12-10(16)8(14)7(13)9(15)11(12)17/h5-6,18-19H,2-4H2,1H3. The zero-order chi connectivity index (χ0) is 14.2. The van der Waals surface area contributed by atoms with Gasteiger partial charge in [-0.2, -0.15) is 0 Å². The summed E-state index contributed by atoms with van der Waals surface area (Å²) in [7, 11) is 0. The molecule has 1 aromatic rings. The molecule has 0 saturated carbocycles. The third-order valence-electron chi connectivity index (χ3n) is 3.30. The summed E-state index contributed by atoms with van der Waals surface area (Å²) >= 11 is 0. The van der Waals surface area contributed by atoms with E-state index >= 15 is 0 Å². The Morgan fingerprint density at radius 2 is 1.47 bits per heavy atom. The molecule has 1 saturated heterocycles. The Morgan fingerprint density at radius 1 is 0.947 bits per heavy atom. The smallest absolute Gasteiger partial charge is 0.200 e. The molecule has 2 nitrogen and oxygen atoms in total. The van der Waals surface area contributed by atoms with Gasteiger partial charge in [0.1, 0.15) is 5.69 Å². The van der Waals surface area contributed by atoms with Gasteiger partial charge in [-0.3, -0.25) is 0 Å². The average molecular weight is 280 g/mol. The molecule has 1 aliphatic rings. The number of rotatable bonds is 2. The molecule has 0 bridgehead atoms. The third-order valence-corrected chi connectivity index (χ3v) is 3.30. The van der Waals surface area contributed by atoms with Crippen LogP contribution in [0.4, 0.5) is 27.6 Å². The number of nitrogens with one attached hydrogen (secondary N) is 2. The van der Waals surface area contributed by atoms with E-state index in [1.54, 1.807) is 6.92 Å². The van der Waals surface area contributed by atoms with Crippen LogP contribution in [0.3, 0.4) is 0 Å². The monoisotopic (exact) mass is 280 g/mol. The highest BCUT2D eigenvalue weighted by Gasteiger charge is 2.29. The summed E-state index contributed by atoms with van der Waals surface area (Å²) in [5.74, 6) is -9.66. The molecule has 19 heavy (non-hydrogen) atoms. The van der Waals surface area contributed by atoms with Crippen molar-refractivity contribution in [2.45, 2.75) is 31.8 Å². The molecule has 0 aliphatic carbocycles. The maximum atomic E-state index is 13.5. The van der Waals surface area contributed by atoms with Crippen LogP contribution in [0, 0.1) is 29.1 Å². The average Bonchev–Trinajstić information content (AvgIpc) is 2.41. The Hall–Kier alpha value is -1.37. The van der Waals surface area contributed by atoms with Gasteiger partial charge >= 0.3 is 0 Å². The molecular formula is C12H13F5N2. The van der Waals surface area contributed by atoms with Crippen LogP contribution in [0.5, 0.6) is 0 Å². The van der Waals surface area contributed by atoms with Crippen molar-refractivity contribution < 1.29 is 22.0 Å². The number of benzene rings is 1. The van der Waals surface area contributed by atoms with Crippen molar-refractivity contribution in [3.8, 4) is 0 Å². The van der Waals surface area contributed by atoms with Crippen molar-refractivity contribution in [2.75, 3.05) is 11.9 Å². The summed E-state index contributed by atoms with van der Waals surface area (Å²) in [6, 6.07) is -0.509. The summed E-state index contributed by atoms with van der Waals surface area (Å²) < 4.78 is 65.9. The molecule has 0 spiro atoms. The molecule has 1 aliphatic heterocycles. The lowest BCUT2D eigenvalue weighted by molar-refractivity contribution is 0.368. The van der Waals surface area contributed by atoms with Crippen molar-refractivity contribution in [1.82, 2.24) is 5.32 Å². The largest absolute Gasteiger partial charge is 0.376 e. The molecule has 2 atom stereocenters. The van der Waals surface area contributed by atoms with E-state index < -0.39 is 34.8 Å². The molecule has 2 N–H and O–H groups in total. The molecule has 0 aromatic heterocycles. The van der Waals surface area contributed by atoms with Gasteiger partial charge in [-0.15, -0.1) is 0 Å². The summed E-state index contributed by atoms with van der Waals surface area (Å²) in [6.07, 6.45) is 1.35. The van der Waals surface area contributed by atoms with Gasteiger partial charge in [-0.05, 0) is 26.3 Å². The fraction of sp³-hybridized carbons (Fsp3) is 0.500. The second-order valence-corrected chi connectivity index (χ2v) is 4.58. The Morgan fingerprint density at radius 3 is 2.00 bits per heavy atom. The number of hydrogen-bond acceptors (Lipinski definition) is 2. The topological polar surface area (TPSA) is 24.1 Å². The van der Waals surface area contributed by atoms with Crippen LogP contribution in [0.25, 0.3) is 0 Å². The lowest BCUT2D eigenvalue weighted by atomic mass is 9.99. The summed E-state index contributed by atoms with van der Waals surface area (Å²) in [5.41, 5.74) is -0.961. The first-order valence-corrected chi connectivity index (χ1v) is 5.94. The van der Waals surface area contributed by atoms with Gasteiger partial charge in [0.15, 0.2) is 23.3 Å². The van der Waals surface area contributed by atoms with Gasteiger partial charge in [0.25, 0.3) is 0 Å². The summed E-state index contributed by atoms with van der Waals surface area (Å²) in [6.45, 7) is 2.54. The first kappa shape index (κ1) is 14.0. The van der Waals surface area contributed by atoms with E-state index in [1.807, 2.05) is 0 Å². The lowest BCUT2D eigenvalue weighted by Gasteiger charge is -2.31. The Balaban J connectivity index is 2.34. The van der Waals surface area contributed by atoms with Crippen molar-refractivity contribution in [3.05, 3.63) is 29.1 Å². The molecular weight excluding hydrogens is 267 g/mol. The molecule has 1 aromatic carbocycles. The molecule has 2 unspecified atom stereocenters. The van der Waals surface area contributed by atoms with Crippen molar-refractivity contribution in [3.63, 3.8) is 0 Å². The minimum absolute atomic E-state index is 0.122. The minimum Gasteiger partial charge on any atom is -0.376 e. The zero-order valence-electron chi connectivity index (χ0n) is 10.2. The highest BCUT2D eigenvalue weighted by atomic mass is 19.2. The van der Waals surface area contributed by atoms with Crippen LogP contribution >= 0.6 is 0 Å². The van der Waals surface area contributed by atoms with E-state index in [0.717, 1.165) is 13.0 Å². The van der Waals surface area contributed by atoms with Crippen LogP contribution in [0.15, 0.2) is 0 Å². The zero-order valence-corrected chi connectivity index (χ0v) is 10.2.